The Labute approximate surface area is 128 Å². The van der Waals surface area contributed by atoms with Gasteiger partial charge >= 0.3 is 0 Å². The number of nitrogens with one attached hydrogen (secondary N) is 2. The largest absolute Gasteiger partial charge is 0.311 e. The molecule has 0 amide bonds. The summed E-state index contributed by atoms with van der Waals surface area (Å²) >= 11 is 0. The number of nitrogens with zero attached hydrogens (tertiary/aromatic N) is 2. The number of hydrogen-bond donors (Lipinski definition) is 2. The van der Waals surface area contributed by atoms with E-state index in [0.29, 0.717) is 22.8 Å². The lowest BCUT2D eigenvalue weighted by Crippen LogP contribution is -2.44. The zero-order valence-corrected chi connectivity index (χ0v) is 14.8. The molecule has 122 valence electrons. The predicted molar refractivity (Wildman–Crippen MR) is 84.6 cm³/mol. The van der Waals surface area contributed by atoms with Crippen molar-refractivity contribution in [1.29, 1.82) is 0 Å². The van der Waals surface area contributed by atoms with Crippen molar-refractivity contribution in [2.45, 2.75) is 64.4 Å². The molecule has 0 aliphatic heterocycles. The van der Waals surface area contributed by atoms with E-state index in [1.54, 1.807) is 14.0 Å². The van der Waals surface area contributed by atoms with Gasteiger partial charge in [0.15, 0.2) is 0 Å². The third-order valence-corrected chi connectivity index (χ3v) is 6.29. The van der Waals surface area contributed by atoms with Crippen molar-refractivity contribution in [1.82, 2.24) is 19.8 Å². The predicted octanol–water partition coefficient (Wildman–Crippen LogP) is 2.03. The normalized spacial score (nSPS) is 13.1. The van der Waals surface area contributed by atoms with Crippen LogP contribution in [0, 0.1) is 6.92 Å². The van der Waals surface area contributed by atoms with Gasteiger partial charge in [0.2, 0.25) is 10.0 Å². The van der Waals surface area contributed by atoms with Crippen molar-refractivity contribution in [2.75, 3.05) is 13.6 Å². The van der Waals surface area contributed by atoms with E-state index in [0.717, 1.165) is 19.4 Å². The summed E-state index contributed by atoms with van der Waals surface area (Å²) < 4.78 is 27.3. The van der Waals surface area contributed by atoms with Gasteiger partial charge in [0.1, 0.15) is 4.90 Å². The van der Waals surface area contributed by atoms with Crippen LogP contribution in [0.2, 0.25) is 0 Å². The molecule has 0 aliphatic rings. The summed E-state index contributed by atoms with van der Waals surface area (Å²) in [6.45, 7) is 10.9. The number of aromatic amines is 1. The Balaban J connectivity index is 3.16. The van der Waals surface area contributed by atoms with Crippen LogP contribution in [-0.2, 0) is 16.6 Å². The molecule has 2 N–H and O–H groups in total. The first-order chi connectivity index (χ1) is 9.68. The minimum absolute atomic E-state index is 0.301. The lowest BCUT2D eigenvalue weighted by atomic mass is 10.0. The molecule has 1 heterocycles. The highest BCUT2D eigenvalue weighted by Crippen LogP contribution is 2.28. The second-order valence-corrected chi connectivity index (χ2v) is 7.85. The maximum atomic E-state index is 12.9. The van der Waals surface area contributed by atoms with E-state index in [1.807, 2.05) is 20.8 Å². The van der Waals surface area contributed by atoms with Crippen LogP contribution in [0.1, 0.15) is 51.9 Å². The van der Waals surface area contributed by atoms with Crippen LogP contribution >= 0.6 is 0 Å². The van der Waals surface area contributed by atoms with Gasteiger partial charge < -0.3 is 5.32 Å². The quantitative estimate of drug-likeness (QED) is 0.719. The monoisotopic (exact) mass is 316 g/mol. The van der Waals surface area contributed by atoms with Gasteiger partial charge in [0.25, 0.3) is 0 Å². The molecule has 0 spiro atoms. The number of aromatic nitrogens is 2. The molecule has 6 nitrogen and oxygen atoms in total. The molecule has 1 aromatic rings. The fourth-order valence-electron chi connectivity index (χ4n) is 2.00. The summed E-state index contributed by atoms with van der Waals surface area (Å²) in [6.07, 6.45) is 1.73. The second kappa shape index (κ2) is 6.89. The van der Waals surface area contributed by atoms with Crippen molar-refractivity contribution in [3.05, 3.63) is 11.4 Å². The fourth-order valence-corrected chi connectivity index (χ4v) is 3.90. The highest BCUT2D eigenvalue weighted by atomic mass is 32.2. The Hall–Kier alpha value is -0.920. The highest BCUT2D eigenvalue weighted by molar-refractivity contribution is 7.89. The average Bonchev–Trinajstić information content (AvgIpc) is 2.80. The molecule has 1 rings (SSSR count). The van der Waals surface area contributed by atoms with Crippen molar-refractivity contribution >= 4 is 10.0 Å². The Kier molecular flexibility index (Phi) is 5.95. The molecule has 0 saturated carbocycles. The summed E-state index contributed by atoms with van der Waals surface area (Å²) in [5, 5.41) is 10.2. The summed E-state index contributed by atoms with van der Waals surface area (Å²) in [6, 6.07) is 0. The lowest BCUT2D eigenvalue weighted by Gasteiger charge is -2.33. The fraction of sp³-hybridized carbons (Fsp3) is 0.786. The molecule has 0 aromatic carbocycles. The first-order valence-electron chi connectivity index (χ1n) is 7.42. The number of sulfonamides is 1. The van der Waals surface area contributed by atoms with Crippen LogP contribution in [0.5, 0.6) is 0 Å². The molecule has 21 heavy (non-hydrogen) atoms. The number of rotatable bonds is 8. The van der Waals surface area contributed by atoms with E-state index in [-0.39, 0.29) is 0 Å². The van der Waals surface area contributed by atoms with Crippen LogP contribution in [0.4, 0.5) is 0 Å². The minimum atomic E-state index is -3.56. The van der Waals surface area contributed by atoms with Gasteiger partial charge in [-0.05, 0) is 40.2 Å². The third-order valence-electron chi connectivity index (χ3n) is 4.02. The maximum Gasteiger partial charge on any atom is 0.247 e. The van der Waals surface area contributed by atoms with Crippen LogP contribution in [0.15, 0.2) is 4.90 Å². The zero-order chi connectivity index (χ0) is 16.3. The molecule has 0 aliphatic carbocycles. The SMILES string of the molecule is CCCNCc1n[nH]c(C)c1S(=O)(=O)N(C)C(C)(C)CC. The van der Waals surface area contributed by atoms with E-state index in [1.165, 1.54) is 4.31 Å². The average molecular weight is 316 g/mol. The molecular formula is C14H28N4O2S. The zero-order valence-electron chi connectivity index (χ0n) is 13.9. The van der Waals surface area contributed by atoms with E-state index < -0.39 is 15.6 Å². The van der Waals surface area contributed by atoms with Crippen LogP contribution in [-0.4, -0.2) is 42.1 Å². The molecule has 7 heteroatoms. The van der Waals surface area contributed by atoms with Crippen molar-refractivity contribution in [3.8, 4) is 0 Å². The Morgan fingerprint density at radius 1 is 1.33 bits per heavy atom. The van der Waals surface area contributed by atoms with Gasteiger partial charge in [0.05, 0.1) is 11.4 Å². The number of hydrogen-bond acceptors (Lipinski definition) is 4. The topological polar surface area (TPSA) is 78.1 Å². The molecule has 0 radical (unpaired) electrons. The Morgan fingerprint density at radius 3 is 2.48 bits per heavy atom. The van der Waals surface area contributed by atoms with Crippen LogP contribution in [0.3, 0.4) is 0 Å². The molecule has 0 atom stereocenters. The molecular weight excluding hydrogens is 288 g/mol. The van der Waals surface area contributed by atoms with Gasteiger partial charge in [-0.15, -0.1) is 0 Å². The second-order valence-electron chi connectivity index (χ2n) is 5.94. The summed E-state index contributed by atoms with van der Waals surface area (Å²) in [7, 11) is -1.93. The minimum Gasteiger partial charge on any atom is -0.311 e. The highest BCUT2D eigenvalue weighted by Gasteiger charge is 2.36. The summed E-state index contributed by atoms with van der Waals surface area (Å²) in [5.41, 5.74) is 0.707. The van der Waals surface area contributed by atoms with Gasteiger partial charge in [-0.3, -0.25) is 5.10 Å². The standard InChI is InChI=1S/C14H28N4O2S/c1-7-9-15-10-12-13(11(3)16-17-12)21(19,20)18(6)14(4,5)8-2/h15H,7-10H2,1-6H3,(H,16,17). The van der Waals surface area contributed by atoms with Gasteiger partial charge in [-0.1, -0.05) is 13.8 Å². The first-order valence-corrected chi connectivity index (χ1v) is 8.86. The van der Waals surface area contributed by atoms with E-state index in [4.69, 9.17) is 0 Å². The molecule has 0 fully saturated rings. The lowest BCUT2D eigenvalue weighted by molar-refractivity contribution is 0.257. The van der Waals surface area contributed by atoms with E-state index in [9.17, 15) is 8.42 Å². The Bertz CT molecular complexity index is 564. The smallest absolute Gasteiger partial charge is 0.247 e. The van der Waals surface area contributed by atoms with Crippen molar-refractivity contribution in [3.63, 3.8) is 0 Å². The number of H-pyrrole nitrogens is 1. The molecule has 0 saturated heterocycles. The number of aryl methyl sites for hydroxylation is 1. The molecule has 0 bridgehead atoms. The Morgan fingerprint density at radius 2 is 1.95 bits per heavy atom. The van der Waals surface area contributed by atoms with Crippen LogP contribution < -0.4 is 5.32 Å². The first kappa shape index (κ1) is 18.1. The molecule has 0 unspecified atom stereocenters. The van der Waals surface area contributed by atoms with Crippen LogP contribution in [0.25, 0.3) is 0 Å². The summed E-state index contributed by atoms with van der Waals surface area (Å²) in [4.78, 5) is 0.301. The van der Waals surface area contributed by atoms with E-state index >= 15 is 0 Å². The van der Waals surface area contributed by atoms with Gasteiger partial charge in [-0.25, -0.2) is 8.42 Å². The van der Waals surface area contributed by atoms with Gasteiger partial charge in [-0.2, -0.15) is 9.40 Å². The van der Waals surface area contributed by atoms with Crippen molar-refractivity contribution < 1.29 is 8.42 Å². The summed E-state index contributed by atoms with van der Waals surface area (Å²) in [5.74, 6) is 0. The third kappa shape index (κ3) is 3.84. The molecule has 1 aromatic heterocycles. The van der Waals surface area contributed by atoms with E-state index in [2.05, 4.69) is 22.4 Å². The maximum absolute atomic E-state index is 12.9. The van der Waals surface area contributed by atoms with Gasteiger partial charge in [0, 0.05) is 19.1 Å². The van der Waals surface area contributed by atoms with Crippen molar-refractivity contribution in [2.24, 2.45) is 0 Å².